The van der Waals surface area contributed by atoms with E-state index in [4.69, 9.17) is 4.42 Å². The SMILES string of the molecule is C1=[N+](c2[c-]cc3c(c2)oc2ncccc23)C=C[N+]=1c1ccccc1.Cc1ccc(-c2[c-]cccc2)nc1.[Ir]. The van der Waals surface area contributed by atoms with Gasteiger partial charge in [-0.15, -0.1) is 42.0 Å². The molecule has 0 aliphatic carbocycles. The summed E-state index contributed by atoms with van der Waals surface area (Å²) < 4.78 is 9.68. The number of aryl methyl sites for hydroxylation is 1. The minimum Gasteiger partial charge on any atom is -0.465 e. The molecule has 1 aliphatic rings. The van der Waals surface area contributed by atoms with E-state index in [-0.39, 0.29) is 20.1 Å². The van der Waals surface area contributed by atoms with Crippen molar-refractivity contribution < 1.29 is 33.7 Å². The second kappa shape index (κ2) is 11.3. The minimum atomic E-state index is 0. The Balaban J connectivity index is 0.000000179. The van der Waals surface area contributed by atoms with E-state index in [0.29, 0.717) is 5.71 Å². The van der Waals surface area contributed by atoms with Crippen LogP contribution in [0.3, 0.4) is 0 Å². The quantitative estimate of drug-likeness (QED) is 0.147. The molecule has 0 spiro atoms. The first-order valence-electron chi connectivity index (χ1n) is 11.9. The smallest absolute Gasteiger partial charge is 0.465 e. The number of pyridine rings is 2. The number of furan rings is 1. The van der Waals surface area contributed by atoms with Gasteiger partial charge in [-0.3, -0.25) is 0 Å². The summed E-state index contributed by atoms with van der Waals surface area (Å²) in [7, 11) is 0. The molecule has 1 radical (unpaired) electrons. The van der Waals surface area contributed by atoms with Gasteiger partial charge in [-0.1, -0.05) is 57.0 Å². The predicted molar refractivity (Wildman–Crippen MR) is 144 cm³/mol. The number of fused-ring (bicyclic) bond motifs is 3. The van der Waals surface area contributed by atoms with Gasteiger partial charge >= 0.3 is 6.01 Å². The van der Waals surface area contributed by atoms with E-state index in [1.54, 1.807) is 6.20 Å². The second-order valence-corrected chi connectivity index (χ2v) is 8.53. The maximum Gasteiger partial charge on any atom is 0.499 e. The van der Waals surface area contributed by atoms with E-state index in [9.17, 15) is 0 Å². The van der Waals surface area contributed by atoms with E-state index in [1.165, 1.54) is 5.56 Å². The van der Waals surface area contributed by atoms with Gasteiger partial charge in [0.1, 0.15) is 5.69 Å². The first-order valence-corrected chi connectivity index (χ1v) is 11.9. The molecule has 0 unspecified atom stereocenters. The third-order valence-corrected chi connectivity index (χ3v) is 5.94. The molecule has 5 nitrogen and oxygen atoms in total. The molecule has 0 amide bonds. The Bertz CT molecular complexity index is 1800. The molecular weight excluding hydrogens is 649 g/mol. The summed E-state index contributed by atoms with van der Waals surface area (Å²) in [5.41, 5.74) is 6.58. The fourth-order valence-electron chi connectivity index (χ4n) is 4.04. The molecule has 3 aromatic carbocycles. The summed E-state index contributed by atoms with van der Waals surface area (Å²) in [6, 6.07) is 39.6. The van der Waals surface area contributed by atoms with Crippen molar-refractivity contribution in [1.82, 2.24) is 9.97 Å². The van der Waals surface area contributed by atoms with Gasteiger partial charge in [0.2, 0.25) is 11.4 Å². The van der Waals surface area contributed by atoms with E-state index < -0.39 is 0 Å². The van der Waals surface area contributed by atoms with Crippen LogP contribution in [0.1, 0.15) is 5.56 Å². The Morgan fingerprint density at radius 3 is 2.45 bits per heavy atom. The summed E-state index contributed by atoms with van der Waals surface area (Å²) in [5.74, 6) is 0. The molecule has 0 fully saturated rings. The Morgan fingerprint density at radius 1 is 0.816 bits per heavy atom. The van der Waals surface area contributed by atoms with E-state index in [1.807, 2.05) is 120 Å². The van der Waals surface area contributed by atoms with Gasteiger partial charge in [-0.05, 0) is 29.6 Å². The maximum absolute atomic E-state index is 5.84. The third-order valence-electron chi connectivity index (χ3n) is 5.94. The Hall–Kier alpha value is -4.47. The molecule has 0 bridgehead atoms. The number of benzene rings is 3. The molecule has 0 atom stereocenters. The van der Waals surface area contributed by atoms with E-state index in [0.717, 1.165) is 39.0 Å². The third kappa shape index (κ3) is 5.29. The molecule has 7 rings (SSSR count). The average Bonchev–Trinajstić information content (AvgIpc) is 3.60. The largest absolute Gasteiger partial charge is 0.499 e. The van der Waals surface area contributed by atoms with Gasteiger partial charge in [-0.2, -0.15) is 6.07 Å². The summed E-state index contributed by atoms with van der Waals surface area (Å²) in [6.07, 6.45) is 7.52. The zero-order valence-corrected chi connectivity index (χ0v) is 22.9. The van der Waals surface area contributed by atoms with Crippen molar-refractivity contribution in [2.75, 3.05) is 0 Å². The van der Waals surface area contributed by atoms with Gasteiger partial charge in [0.05, 0.1) is 0 Å². The van der Waals surface area contributed by atoms with Crippen LogP contribution in [0.25, 0.3) is 33.3 Å². The van der Waals surface area contributed by atoms with Crippen molar-refractivity contribution in [3.05, 3.63) is 133 Å². The molecule has 3 aromatic heterocycles. The molecule has 6 aromatic rings. The van der Waals surface area contributed by atoms with Crippen LogP contribution in [0.15, 0.2) is 120 Å². The number of rotatable bonds is 3. The number of hydrogen-bond acceptors (Lipinski definition) is 3. The summed E-state index contributed by atoms with van der Waals surface area (Å²) in [5, 5.41) is 2.02. The Morgan fingerprint density at radius 2 is 1.66 bits per heavy atom. The van der Waals surface area contributed by atoms with Gasteiger partial charge in [-0.25, -0.2) is 4.98 Å². The number of para-hydroxylation sites is 1. The summed E-state index contributed by atoms with van der Waals surface area (Å²) in [6.45, 7) is 2.03. The summed E-state index contributed by atoms with van der Waals surface area (Å²) >= 11 is 0. The zero-order chi connectivity index (χ0) is 25.0. The molecule has 1 aliphatic heterocycles. The number of nitrogens with zero attached hydrogens (tertiary/aromatic N) is 4. The molecule has 0 N–H and O–H groups in total. The predicted octanol–water partition coefficient (Wildman–Crippen LogP) is 7.28. The van der Waals surface area contributed by atoms with Crippen LogP contribution in [0, 0.1) is 19.1 Å². The maximum atomic E-state index is 5.84. The molecular formula is C32H22IrN4O. The molecule has 185 valence electrons. The number of hydrogen-bond donors (Lipinski definition) is 0. The van der Waals surface area contributed by atoms with E-state index in [2.05, 4.69) is 34.2 Å². The second-order valence-electron chi connectivity index (χ2n) is 8.53. The Kier molecular flexibility index (Phi) is 7.48. The van der Waals surface area contributed by atoms with Gasteiger partial charge in [0.25, 0.3) is 12.4 Å². The molecule has 38 heavy (non-hydrogen) atoms. The molecule has 0 saturated heterocycles. The fraction of sp³-hybridized carbons (Fsp3) is 0.0312. The molecule has 4 heterocycles. The van der Waals surface area contributed by atoms with Crippen molar-refractivity contribution in [3.8, 4) is 11.3 Å². The van der Waals surface area contributed by atoms with Gasteiger partial charge in [0.15, 0.2) is 0 Å². The van der Waals surface area contributed by atoms with Crippen LogP contribution in [0.5, 0.6) is 0 Å². The monoisotopic (exact) mass is 671 g/mol. The molecule has 6 heteroatoms. The van der Waals surface area contributed by atoms with Crippen LogP contribution >= 0.6 is 0 Å². The minimum absolute atomic E-state index is 0. The zero-order valence-electron chi connectivity index (χ0n) is 20.5. The van der Waals surface area contributed by atoms with Crippen molar-refractivity contribution in [2.24, 2.45) is 0 Å². The molecule has 0 saturated carbocycles. The van der Waals surface area contributed by atoms with Crippen LogP contribution in [-0.4, -0.2) is 25.1 Å². The van der Waals surface area contributed by atoms with Crippen molar-refractivity contribution in [2.45, 2.75) is 6.92 Å². The first-order chi connectivity index (χ1) is 18.2. The Labute approximate surface area is 234 Å². The normalized spacial score (nSPS) is 11.9. The number of aromatic nitrogens is 2. The van der Waals surface area contributed by atoms with Crippen LogP contribution in [0.4, 0.5) is 11.4 Å². The van der Waals surface area contributed by atoms with Crippen LogP contribution in [-0.2, 0) is 20.1 Å². The fourth-order valence-corrected chi connectivity index (χ4v) is 4.04. The topological polar surface area (TPSA) is 44.9 Å². The first kappa shape index (κ1) is 25.2. The van der Waals surface area contributed by atoms with Crippen molar-refractivity contribution >= 4 is 39.5 Å². The summed E-state index contributed by atoms with van der Waals surface area (Å²) in [4.78, 5) is 8.58. The van der Waals surface area contributed by atoms with Gasteiger partial charge in [0, 0.05) is 50.2 Å². The van der Waals surface area contributed by atoms with Crippen LogP contribution < -0.4 is 0 Å². The van der Waals surface area contributed by atoms with Crippen LogP contribution in [0.2, 0.25) is 0 Å². The van der Waals surface area contributed by atoms with Gasteiger partial charge < -0.3 is 9.40 Å². The van der Waals surface area contributed by atoms with Crippen molar-refractivity contribution in [1.29, 1.82) is 0 Å². The van der Waals surface area contributed by atoms with E-state index >= 15 is 0 Å². The standard InChI is InChI=1S/C20H12N3O.C12H10N.Ir/c1-2-5-15(6-3-1)22-11-12-23(14-22)16-8-9-17-18-7-4-10-21-20(18)24-19(17)13-16;1-10-7-8-12(13-9-10)11-5-3-2-4-6-11;/h1-7,9-13H;2-5,7-9H,1H3;/q+1;-1;. The average molecular weight is 671 g/mol. The van der Waals surface area contributed by atoms with Crippen molar-refractivity contribution in [3.63, 3.8) is 0 Å².